The van der Waals surface area contributed by atoms with Crippen LogP contribution in [-0.2, 0) is 11.0 Å². The number of benzene rings is 1. The fraction of sp³-hybridized carbons (Fsp3) is 0.385. The van der Waals surface area contributed by atoms with Gasteiger partial charge in [-0.15, -0.1) is 0 Å². The first kappa shape index (κ1) is 15.7. The molecule has 2 aromatic rings. The quantitative estimate of drug-likeness (QED) is 0.871. The Morgan fingerprint density at radius 3 is 2.62 bits per heavy atom. The van der Waals surface area contributed by atoms with Crippen molar-refractivity contribution in [2.24, 2.45) is 0 Å². The highest BCUT2D eigenvalue weighted by Crippen LogP contribution is 2.34. The SMILES string of the molecule is CC(C)n1c(SCC(=O)O)nc2cc(C(F)(F)F)ccc21. The fourth-order valence-corrected chi connectivity index (χ4v) is 2.84. The predicted octanol–water partition coefficient (Wildman–Crippen LogP) is 3.81. The molecule has 0 unspecified atom stereocenters. The van der Waals surface area contributed by atoms with Gasteiger partial charge in [-0.2, -0.15) is 13.2 Å². The normalized spacial score (nSPS) is 12.3. The summed E-state index contributed by atoms with van der Waals surface area (Å²) in [4.78, 5) is 14.8. The summed E-state index contributed by atoms with van der Waals surface area (Å²) in [6.45, 7) is 3.73. The molecular formula is C13H13F3N2O2S. The number of fused-ring (bicyclic) bond motifs is 1. The molecule has 0 saturated heterocycles. The summed E-state index contributed by atoms with van der Waals surface area (Å²) in [5.41, 5.74) is 0.00972. The highest BCUT2D eigenvalue weighted by molar-refractivity contribution is 7.99. The molecular weight excluding hydrogens is 305 g/mol. The number of aromatic nitrogens is 2. The molecule has 1 aromatic heterocycles. The van der Waals surface area contributed by atoms with Crippen LogP contribution in [-0.4, -0.2) is 26.4 Å². The lowest BCUT2D eigenvalue weighted by molar-refractivity contribution is -0.137. The molecule has 0 aliphatic heterocycles. The molecule has 1 N–H and O–H groups in total. The van der Waals surface area contributed by atoms with Crippen molar-refractivity contribution in [2.45, 2.75) is 31.2 Å². The summed E-state index contributed by atoms with van der Waals surface area (Å²) < 4.78 is 39.9. The van der Waals surface area contributed by atoms with E-state index in [4.69, 9.17) is 5.11 Å². The number of carboxylic acid groups (broad SMARTS) is 1. The number of thioether (sulfide) groups is 1. The maximum absolute atomic E-state index is 12.7. The zero-order chi connectivity index (χ0) is 15.8. The molecule has 0 amide bonds. The second kappa shape index (κ2) is 5.59. The van der Waals surface area contributed by atoms with E-state index in [-0.39, 0.29) is 17.3 Å². The van der Waals surface area contributed by atoms with Crippen molar-refractivity contribution in [1.29, 1.82) is 0 Å². The lowest BCUT2D eigenvalue weighted by atomic mass is 10.2. The van der Waals surface area contributed by atoms with Crippen LogP contribution in [0, 0.1) is 0 Å². The molecule has 0 fully saturated rings. The number of imidazole rings is 1. The molecule has 0 radical (unpaired) electrons. The molecule has 2 rings (SSSR count). The Balaban J connectivity index is 2.53. The third kappa shape index (κ3) is 3.31. The van der Waals surface area contributed by atoms with Crippen LogP contribution in [0.15, 0.2) is 23.4 Å². The van der Waals surface area contributed by atoms with Crippen molar-refractivity contribution < 1.29 is 23.1 Å². The Kier molecular flexibility index (Phi) is 4.18. The van der Waals surface area contributed by atoms with Crippen LogP contribution in [0.4, 0.5) is 13.2 Å². The van der Waals surface area contributed by atoms with E-state index in [1.54, 1.807) is 4.57 Å². The van der Waals surface area contributed by atoms with E-state index in [9.17, 15) is 18.0 Å². The third-order valence-corrected chi connectivity index (χ3v) is 3.76. The number of alkyl halides is 3. The van der Waals surface area contributed by atoms with Gasteiger partial charge in [0, 0.05) is 6.04 Å². The Hall–Kier alpha value is -1.70. The zero-order valence-electron chi connectivity index (χ0n) is 11.3. The molecule has 0 aliphatic carbocycles. The third-order valence-electron chi connectivity index (χ3n) is 2.83. The lowest BCUT2D eigenvalue weighted by Gasteiger charge is -2.12. The Bertz CT molecular complexity index is 680. The average Bonchev–Trinajstić information content (AvgIpc) is 2.72. The number of rotatable bonds is 4. The largest absolute Gasteiger partial charge is 0.481 e. The van der Waals surface area contributed by atoms with E-state index >= 15 is 0 Å². The highest BCUT2D eigenvalue weighted by Gasteiger charge is 2.31. The van der Waals surface area contributed by atoms with E-state index in [1.165, 1.54) is 6.07 Å². The molecule has 21 heavy (non-hydrogen) atoms. The molecule has 4 nitrogen and oxygen atoms in total. The first-order valence-corrected chi connectivity index (χ1v) is 7.12. The van der Waals surface area contributed by atoms with Crippen LogP contribution >= 0.6 is 11.8 Å². The summed E-state index contributed by atoms with van der Waals surface area (Å²) in [7, 11) is 0. The standard InChI is InChI=1S/C13H13F3N2O2S/c1-7(2)18-10-4-3-8(13(14,15)16)5-9(10)17-12(18)21-6-11(19)20/h3-5,7H,6H2,1-2H3,(H,19,20). The number of nitrogens with zero attached hydrogens (tertiary/aromatic N) is 2. The Morgan fingerprint density at radius 1 is 1.43 bits per heavy atom. The van der Waals surface area contributed by atoms with Crippen molar-refractivity contribution >= 4 is 28.8 Å². The van der Waals surface area contributed by atoms with Gasteiger partial charge in [0.25, 0.3) is 0 Å². The van der Waals surface area contributed by atoms with Crippen molar-refractivity contribution in [3.63, 3.8) is 0 Å². The van der Waals surface area contributed by atoms with Gasteiger partial charge >= 0.3 is 12.1 Å². The minimum atomic E-state index is -4.43. The molecule has 1 aromatic carbocycles. The van der Waals surface area contributed by atoms with E-state index in [0.29, 0.717) is 10.7 Å². The molecule has 114 valence electrons. The fourth-order valence-electron chi connectivity index (χ4n) is 1.98. The van der Waals surface area contributed by atoms with E-state index in [1.807, 2.05) is 13.8 Å². The number of carbonyl (C=O) groups is 1. The number of aliphatic carboxylic acids is 1. The number of halogens is 3. The summed E-state index contributed by atoms with van der Waals surface area (Å²) >= 11 is 0.994. The van der Waals surface area contributed by atoms with Crippen LogP contribution in [0.5, 0.6) is 0 Å². The molecule has 0 atom stereocenters. The number of hydrogen-bond donors (Lipinski definition) is 1. The van der Waals surface area contributed by atoms with Gasteiger partial charge < -0.3 is 9.67 Å². The minimum Gasteiger partial charge on any atom is -0.481 e. The summed E-state index contributed by atoms with van der Waals surface area (Å²) in [6.07, 6.45) is -4.43. The maximum Gasteiger partial charge on any atom is 0.416 e. The van der Waals surface area contributed by atoms with Gasteiger partial charge in [-0.05, 0) is 32.0 Å². The molecule has 0 aliphatic rings. The van der Waals surface area contributed by atoms with Crippen molar-refractivity contribution in [1.82, 2.24) is 9.55 Å². The summed E-state index contributed by atoms with van der Waals surface area (Å²) in [5, 5.41) is 9.13. The summed E-state index contributed by atoms with van der Waals surface area (Å²) in [6, 6.07) is 3.33. The Labute approximate surface area is 123 Å². The summed E-state index contributed by atoms with van der Waals surface area (Å²) in [5.74, 6) is -1.19. The van der Waals surface area contributed by atoms with Gasteiger partial charge in [0.1, 0.15) is 0 Å². The van der Waals surface area contributed by atoms with Crippen molar-refractivity contribution in [3.8, 4) is 0 Å². The van der Waals surface area contributed by atoms with Gasteiger partial charge in [0.05, 0.1) is 22.3 Å². The van der Waals surface area contributed by atoms with Gasteiger partial charge in [-0.1, -0.05) is 11.8 Å². The van der Waals surface area contributed by atoms with E-state index in [2.05, 4.69) is 4.98 Å². The monoisotopic (exact) mass is 318 g/mol. The Morgan fingerprint density at radius 2 is 2.10 bits per heavy atom. The van der Waals surface area contributed by atoms with E-state index in [0.717, 1.165) is 23.9 Å². The number of hydrogen-bond acceptors (Lipinski definition) is 3. The lowest BCUT2D eigenvalue weighted by Crippen LogP contribution is -2.06. The maximum atomic E-state index is 12.7. The minimum absolute atomic E-state index is 0.0389. The second-order valence-electron chi connectivity index (χ2n) is 4.74. The van der Waals surface area contributed by atoms with Crippen LogP contribution in [0.25, 0.3) is 11.0 Å². The van der Waals surface area contributed by atoms with Crippen LogP contribution in [0.1, 0.15) is 25.5 Å². The van der Waals surface area contributed by atoms with Gasteiger partial charge in [-0.25, -0.2) is 4.98 Å². The van der Waals surface area contributed by atoms with Gasteiger partial charge in [-0.3, -0.25) is 4.79 Å². The van der Waals surface area contributed by atoms with Crippen LogP contribution in [0.3, 0.4) is 0 Å². The van der Waals surface area contributed by atoms with E-state index < -0.39 is 17.7 Å². The molecule has 0 saturated carbocycles. The number of carboxylic acids is 1. The van der Waals surface area contributed by atoms with Crippen molar-refractivity contribution in [3.05, 3.63) is 23.8 Å². The average molecular weight is 318 g/mol. The second-order valence-corrected chi connectivity index (χ2v) is 5.68. The first-order chi connectivity index (χ1) is 9.70. The molecule has 8 heteroatoms. The molecule has 0 bridgehead atoms. The van der Waals surface area contributed by atoms with Crippen LogP contribution < -0.4 is 0 Å². The topological polar surface area (TPSA) is 55.1 Å². The van der Waals surface area contributed by atoms with Gasteiger partial charge in [0.2, 0.25) is 0 Å². The smallest absolute Gasteiger partial charge is 0.416 e. The first-order valence-electron chi connectivity index (χ1n) is 6.14. The van der Waals surface area contributed by atoms with Crippen molar-refractivity contribution in [2.75, 3.05) is 5.75 Å². The predicted molar refractivity (Wildman–Crippen MR) is 73.5 cm³/mol. The molecule has 1 heterocycles. The highest BCUT2D eigenvalue weighted by atomic mass is 32.2. The van der Waals surface area contributed by atoms with Crippen LogP contribution in [0.2, 0.25) is 0 Å². The van der Waals surface area contributed by atoms with Gasteiger partial charge in [0.15, 0.2) is 5.16 Å². The molecule has 0 spiro atoms. The zero-order valence-corrected chi connectivity index (χ0v) is 12.1.